The molecule has 2 atom stereocenters. The van der Waals surface area contributed by atoms with Crippen LogP contribution in [0.15, 0.2) is 12.4 Å². The van der Waals surface area contributed by atoms with Crippen LogP contribution in [0.4, 0.5) is 26.2 Å². The van der Waals surface area contributed by atoms with Gasteiger partial charge in [-0.3, -0.25) is 9.48 Å². The predicted octanol–water partition coefficient (Wildman–Crippen LogP) is 2.43. The number of fused-ring (bicyclic) bond motifs is 1. The Kier molecular flexibility index (Phi) is 5.54. The van der Waals surface area contributed by atoms with Crippen LogP contribution in [0.5, 0.6) is 0 Å². The maximum Gasteiger partial charge on any atom is 0.249 e. The first kappa shape index (κ1) is 21.4. The molecule has 1 fully saturated rings. The molecule has 1 unspecified atom stereocenters. The molecule has 1 aliphatic heterocycles. The average Bonchev–Trinajstić information content (AvgIpc) is 3.13. The Bertz CT molecular complexity index is 972. The lowest BCUT2D eigenvalue weighted by Gasteiger charge is -2.37. The van der Waals surface area contributed by atoms with Crippen LogP contribution in [0.2, 0.25) is 0 Å². The van der Waals surface area contributed by atoms with Crippen LogP contribution in [-0.4, -0.2) is 57.9 Å². The van der Waals surface area contributed by atoms with E-state index < -0.39 is 12.0 Å². The van der Waals surface area contributed by atoms with Crippen LogP contribution in [0.1, 0.15) is 31.0 Å². The Morgan fingerprint density at radius 1 is 1.39 bits per heavy atom. The number of aryl methyl sites for hydroxylation is 1. The predicted molar refractivity (Wildman–Crippen MR) is 111 cm³/mol. The van der Waals surface area contributed by atoms with E-state index in [9.17, 15) is 13.6 Å². The lowest BCUT2D eigenvalue weighted by molar-refractivity contribution is -0.120. The van der Waals surface area contributed by atoms with E-state index >= 15 is 0 Å². The van der Waals surface area contributed by atoms with E-state index in [4.69, 9.17) is 4.74 Å². The van der Waals surface area contributed by atoms with Crippen molar-refractivity contribution in [2.45, 2.75) is 57.8 Å². The third kappa shape index (κ3) is 4.32. The zero-order valence-corrected chi connectivity index (χ0v) is 18.0. The van der Waals surface area contributed by atoms with Gasteiger partial charge in [-0.25, -0.2) is 13.8 Å². The minimum atomic E-state index is -2.52. The number of alkyl halides is 2. The molecule has 168 valence electrons. The van der Waals surface area contributed by atoms with E-state index in [1.807, 2.05) is 27.1 Å². The van der Waals surface area contributed by atoms with E-state index in [2.05, 4.69) is 25.7 Å². The molecule has 4 rings (SSSR count). The van der Waals surface area contributed by atoms with Crippen LogP contribution in [0.3, 0.4) is 0 Å². The van der Waals surface area contributed by atoms with E-state index in [0.29, 0.717) is 36.2 Å². The highest BCUT2D eigenvalue weighted by molar-refractivity contribution is 6.03. The number of nitrogens with zero attached hydrogens (tertiary/aromatic N) is 5. The molecule has 0 saturated heterocycles. The largest absolute Gasteiger partial charge is 0.379 e. The standard InChI is InChI=1S/C20H27F2N7O2/c1-11-15-17(28(3)16(12(2)31-4)18(30)26-15)27-19(25-11)23-7-14-8-24-29(10-14)9-13-5-20(21,22)6-13/h8,10,12-13,16H,5-7,9H2,1-4H3,(H,26,30)(H,23,25,27)/t12-,16?/m0/s1. The number of amides is 1. The van der Waals surface area contributed by atoms with Gasteiger partial charge in [0, 0.05) is 51.8 Å². The second kappa shape index (κ2) is 8.03. The number of likely N-dealkylation sites (N-methyl/N-ethyl adjacent to an activating group) is 1. The number of ether oxygens (including phenoxy) is 1. The van der Waals surface area contributed by atoms with Crippen molar-refractivity contribution < 1.29 is 18.3 Å². The number of methoxy groups -OCH3 is 1. The minimum Gasteiger partial charge on any atom is -0.379 e. The van der Waals surface area contributed by atoms with E-state index in [1.54, 1.807) is 22.9 Å². The third-order valence-electron chi connectivity index (χ3n) is 5.91. The molecule has 1 amide bonds. The SMILES string of the molecule is CO[C@@H](C)C1C(=O)Nc2c(C)nc(NCc3cnn(CC4CC(F)(F)C4)c3)nc2N1C. The number of rotatable bonds is 7. The highest BCUT2D eigenvalue weighted by atomic mass is 19.3. The van der Waals surface area contributed by atoms with Crippen molar-refractivity contribution in [1.82, 2.24) is 19.7 Å². The molecule has 9 nitrogen and oxygen atoms in total. The Balaban J connectivity index is 1.43. The van der Waals surface area contributed by atoms with Crippen molar-refractivity contribution in [3.63, 3.8) is 0 Å². The number of hydrogen-bond donors (Lipinski definition) is 2. The summed E-state index contributed by atoms with van der Waals surface area (Å²) in [6, 6.07) is -0.503. The number of halogens is 2. The molecule has 2 aromatic rings. The molecule has 31 heavy (non-hydrogen) atoms. The molecule has 2 aliphatic rings. The average molecular weight is 435 g/mol. The molecule has 2 N–H and O–H groups in total. The van der Waals surface area contributed by atoms with Gasteiger partial charge >= 0.3 is 0 Å². The molecular formula is C20H27F2N7O2. The molecule has 0 aromatic carbocycles. The monoisotopic (exact) mass is 435 g/mol. The number of aromatic nitrogens is 4. The fourth-order valence-corrected chi connectivity index (χ4v) is 4.16. The first-order valence-electron chi connectivity index (χ1n) is 10.2. The first-order valence-corrected chi connectivity index (χ1v) is 10.2. The lowest BCUT2D eigenvalue weighted by atomic mass is 9.81. The summed E-state index contributed by atoms with van der Waals surface area (Å²) in [5, 5.41) is 10.3. The van der Waals surface area contributed by atoms with Crippen molar-refractivity contribution in [3.05, 3.63) is 23.7 Å². The molecule has 0 radical (unpaired) electrons. The first-order chi connectivity index (χ1) is 14.7. The van der Waals surface area contributed by atoms with Gasteiger partial charge < -0.3 is 20.3 Å². The van der Waals surface area contributed by atoms with Crippen LogP contribution < -0.4 is 15.5 Å². The summed E-state index contributed by atoms with van der Waals surface area (Å²) in [4.78, 5) is 23.3. The summed E-state index contributed by atoms with van der Waals surface area (Å²) in [6.45, 7) is 4.58. The maximum absolute atomic E-state index is 13.0. The van der Waals surface area contributed by atoms with Crippen molar-refractivity contribution in [3.8, 4) is 0 Å². The fourth-order valence-electron chi connectivity index (χ4n) is 4.16. The molecule has 1 aliphatic carbocycles. The minimum absolute atomic E-state index is 0.0319. The summed E-state index contributed by atoms with van der Waals surface area (Å²) in [6.07, 6.45) is 3.09. The van der Waals surface area contributed by atoms with Gasteiger partial charge in [0.25, 0.3) is 0 Å². The van der Waals surface area contributed by atoms with Crippen LogP contribution in [0, 0.1) is 12.8 Å². The smallest absolute Gasteiger partial charge is 0.249 e. The van der Waals surface area contributed by atoms with Crippen molar-refractivity contribution in [1.29, 1.82) is 0 Å². The van der Waals surface area contributed by atoms with Crippen molar-refractivity contribution in [2.24, 2.45) is 5.92 Å². The van der Waals surface area contributed by atoms with E-state index in [1.165, 1.54) is 0 Å². The zero-order valence-electron chi connectivity index (χ0n) is 18.0. The Hall–Kier alpha value is -2.82. The van der Waals surface area contributed by atoms with Gasteiger partial charge in [-0.2, -0.15) is 10.1 Å². The normalized spacial score (nSPS) is 21.3. The van der Waals surface area contributed by atoms with Gasteiger partial charge in [0.1, 0.15) is 11.7 Å². The van der Waals surface area contributed by atoms with E-state index in [0.717, 1.165) is 5.56 Å². The Morgan fingerprint density at radius 2 is 2.13 bits per heavy atom. The number of anilines is 3. The second-order valence-electron chi connectivity index (χ2n) is 8.37. The van der Waals surface area contributed by atoms with Crippen LogP contribution in [0.25, 0.3) is 0 Å². The van der Waals surface area contributed by atoms with Crippen molar-refractivity contribution in [2.75, 3.05) is 29.7 Å². The highest BCUT2D eigenvalue weighted by Gasteiger charge is 2.45. The molecule has 0 bridgehead atoms. The fraction of sp³-hybridized carbons (Fsp3) is 0.600. The summed E-state index contributed by atoms with van der Waals surface area (Å²) in [5.41, 5.74) is 2.14. The third-order valence-corrected chi connectivity index (χ3v) is 5.91. The second-order valence-corrected chi connectivity index (χ2v) is 8.37. The molecule has 0 spiro atoms. The molecule has 1 saturated carbocycles. The molecule has 2 aromatic heterocycles. The highest BCUT2D eigenvalue weighted by Crippen LogP contribution is 2.43. The van der Waals surface area contributed by atoms with Gasteiger partial charge in [-0.15, -0.1) is 0 Å². The maximum atomic E-state index is 13.0. The lowest BCUT2D eigenvalue weighted by Crippen LogP contribution is -2.53. The van der Waals surface area contributed by atoms with Gasteiger partial charge in [-0.05, 0) is 19.8 Å². The zero-order chi connectivity index (χ0) is 22.3. The molecule has 3 heterocycles. The summed E-state index contributed by atoms with van der Waals surface area (Å²) in [5.74, 6) is -1.67. The summed E-state index contributed by atoms with van der Waals surface area (Å²) in [7, 11) is 3.37. The Morgan fingerprint density at radius 3 is 2.81 bits per heavy atom. The number of carbonyl (C=O) groups excluding carboxylic acids is 1. The van der Waals surface area contributed by atoms with Gasteiger partial charge in [0.05, 0.1) is 18.0 Å². The molecular weight excluding hydrogens is 408 g/mol. The quantitative estimate of drug-likeness (QED) is 0.689. The summed E-state index contributed by atoms with van der Waals surface area (Å²) >= 11 is 0. The topological polar surface area (TPSA) is 97.2 Å². The summed E-state index contributed by atoms with van der Waals surface area (Å²) < 4.78 is 33.1. The number of carbonyl (C=O) groups is 1. The number of nitrogens with one attached hydrogen (secondary N) is 2. The Labute approximate surface area is 179 Å². The number of hydrogen-bond acceptors (Lipinski definition) is 7. The molecule has 11 heteroatoms. The van der Waals surface area contributed by atoms with Gasteiger partial charge in [-0.1, -0.05) is 0 Å². The van der Waals surface area contributed by atoms with Gasteiger partial charge in [0.15, 0.2) is 5.82 Å². The van der Waals surface area contributed by atoms with Crippen LogP contribution >= 0.6 is 0 Å². The van der Waals surface area contributed by atoms with Gasteiger partial charge in [0.2, 0.25) is 17.8 Å². The van der Waals surface area contributed by atoms with Crippen molar-refractivity contribution >= 4 is 23.4 Å². The van der Waals surface area contributed by atoms with E-state index in [-0.39, 0.29) is 30.8 Å². The van der Waals surface area contributed by atoms with Crippen LogP contribution in [-0.2, 0) is 22.6 Å².